The fraction of sp³-hybridized carbons (Fsp3) is 0.125. The highest BCUT2D eigenvalue weighted by Crippen LogP contribution is 2.33. The van der Waals surface area contributed by atoms with Crippen LogP contribution in [0.25, 0.3) is 12.2 Å². The highest BCUT2D eigenvalue weighted by molar-refractivity contribution is 5.85. The van der Waals surface area contributed by atoms with Crippen LogP contribution in [0.4, 0.5) is 0 Å². The predicted octanol–water partition coefficient (Wildman–Crippen LogP) is 3.68. The van der Waals surface area contributed by atoms with E-state index < -0.39 is 0 Å². The minimum Gasteiger partial charge on any atom is -0.330 e. The summed E-state index contributed by atoms with van der Waals surface area (Å²) in [6.07, 6.45) is 4.37. The van der Waals surface area contributed by atoms with E-state index in [0.29, 0.717) is 12.5 Å². The summed E-state index contributed by atoms with van der Waals surface area (Å²) in [5.41, 5.74) is 11.2. The molecule has 92 valence electrons. The van der Waals surface area contributed by atoms with Gasteiger partial charge in [0.25, 0.3) is 0 Å². The van der Waals surface area contributed by atoms with E-state index in [-0.39, 0.29) is 12.4 Å². The Labute approximate surface area is 114 Å². The van der Waals surface area contributed by atoms with Gasteiger partial charge in [-0.25, -0.2) is 0 Å². The maximum absolute atomic E-state index is 5.97. The minimum absolute atomic E-state index is 0. The van der Waals surface area contributed by atoms with Crippen molar-refractivity contribution in [1.82, 2.24) is 0 Å². The van der Waals surface area contributed by atoms with Crippen LogP contribution >= 0.6 is 12.4 Å². The van der Waals surface area contributed by atoms with E-state index in [4.69, 9.17) is 5.73 Å². The van der Waals surface area contributed by atoms with Crippen LogP contribution in [0.3, 0.4) is 0 Å². The van der Waals surface area contributed by atoms with E-state index in [1.54, 1.807) is 0 Å². The fourth-order valence-corrected chi connectivity index (χ4v) is 2.56. The Hall–Kier alpha value is -1.57. The normalized spacial score (nSPS) is 13.2. The topological polar surface area (TPSA) is 26.0 Å². The molecule has 0 saturated carbocycles. The third-order valence-corrected chi connectivity index (χ3v) is 3.42. The number of benzene rings is 2. The molecule has 0 amide bonds. The molecule has 0 atom stereocenters. The molecule has 2 N–H and O–H groups in total. The van der Waals surface area contributed by atoms with Crippen LogP contribution in [-0.4, -0.2) is 6.54 Å². The van der Waals surface area contributed by atoms with Crippen LogP contribution in [0.1, 0.15) is 28.2 Å². The van der Waals surface area contributed by atoms with E-state index in [1.807, 2.05) is 0 Å². The van der Waals surface area contributed by atoms with Gasteiger partial charge in [0.05, 0.1) is 0 Å². The molecule has 2 heteroatoms. The zero-order chi connectivity index (χ0) is 11.7. The lowest BCUT2D eigenvalue weighted by molar-refractivity contribution is 0.817. The molecule has 0 aliphatic heterocycles. The van der Waals surface area contributed by atoms with Crippen LogP contribution in [0.5, 0.6) is 0 Å². The predicted molar refractivity (Wildman–Crippen MR) is 80.0 cm³/mol. The summed E-state index contributed by atoms with van der Waals surface area (Å²) in [5, 5.41) is 0. The Morgan fingerprint density at radius 1 is 0.778 bits per heavy atom. The SMILES string of the molecule is Cl.NCC1c2ccccc2C=Cc2ccccc21. The van der Waals surface area contributed by atoms with Gasteiger partial charge in [-0.3, -0.25) is 0 Å². The van der Waals surface area contributed by atoms with Gasteiger partial charge in [-0.05, 0) is 22.3 Å². The number of fused-ring (bicyclic) bond motifs is 2. The van der Waals surface area contributed by atoms with Crippen molar-refractivity contribution in [3.05, 3.63) is 70.8 Å². The van der Waals surface area contributed by atoms with Crippen LogP contribution in [-0.2, 0) is 0 Å². The molecule has 0 saturated heterocycles. The molecular weight excluding hydrogens is 242 g/mol. The summed E-state index contributed by atoms with van der Waals surface area (Å²) in [7, 11) is 0. The standard InChI is InChI=1S/C16H15N.ClH/c17-11-16-14-7-3-1-5-12(14)9-10-13-6-2-4-8-15(13)16;/h1-10,16H,11,17H2;1H. The quantitative estimate of drug-likeness (QED) is 0.829. The van der Waals surface area contributed by atoms with E-state index in [2.05, 4.69) is 60.7 Å². The zero-order valence-corrected chi connectivity index (χ0v) is 10.9. The Morgan fingerprint density at radius 2 is 1.22 bits per heavy atom. The average molecular weight is 258 g/mol. The van der Waals surface area contributed by atoms with Crippen LogP contribution in [0.15, 0.2) is 48.5 Å². The molecule has 2 aromatic rings. The van der Waals surface area contributed by atoms with Gasteiger partial charge >= 0.3 is 0 Å². The van der Waals surface area contributed by atoms with Gasteiger partial charge in [0.15, 0.2) is 0 Å². The van der Waals surface area contributed by atoms with Crippen molar-refractivity contribution in [2.24, 2.45) is 5.73 Å². The van der Waals surface area contributed by atoms with Crippen molar-refractivity contribution >= 4 is 24.6 Å². The van der Waals surface area contributed by atoms with Gasteiger partial charge in [-0.15, -0.1) is 12.4 Å². The minimum atomic E-state index is 0. The Balaban J connectivity index is 0.00000120. The Morgan fingerprint density at radius 3 is 1.67 bits per heavy atom. The molecule has 1 aliphatic rings. The zero-order valence-electron chi connectivity index (χ0n) is 10.0. The van der Waals surface area contributed by atoms with Crippen molar-refractivity contribution in [1.29, 1.82) is 0 Å². The molecular formula is C16H16ClN. The first-order chi connectivity index (χ1) is 8.40. The third kappa shape index (κ3) is 2.07. The summed E-state index contributed by atoms with van der Waals surface area (Å²) in [6.45, 7) is 0.649. The highest BCUT2D eigenvalue weighted by Gasteiger charge is 2.19. The second-order valence-electron chi connectivity index (χ2n) is 4.38. The summed E-state index contributed by atoms with van der Waals surface area (Å²) in [5.74, 6) is 0.303. The largest absolute Gasteiger partial charge is 0.330 e. The fourth-order valence-electron chi connectivity index (χ4n) is 2.56. The summed E-state index contributed by atoms with van der Waals surface area (Å²) in [4.78, 5) is 0. The van der Waals surface area contributed by atoms with Crippen molar-refractivity contribution < 1.29 is 0 Å². The lowest BCUT2D eigenvalue weighted by Crippen LogP contribution is -2.15. The van der Waals surface area contributed by atoms with Crippen LogP contribution < -0.4 is 5.73 Å². The van der Waals surface area contributed by atoms with Crippen molar-refractivity contribution in [3.63, 3.8) is 0 Å². The molecule has 3 rings (SSSR count). The molecule has 0 spiro atoms. The van der Waals surface area contributed by atoms with Gasteiger partial charge in [0.1, 0.15) is 0 Å². The lowest BCUT2D eigenvalue weighted by atomic mass is 9.88. The molecule has 0 radical (unpaired) electrons. The van der Waals surface area contributed by atoms with Gasteiger partial charge in [0.2, 0.25) is 0 Å². The van der Waals surface area contributed by atoms with Gasteiger partial charge in [0, 0.05) is 12.5 Å². The molecule has 0 fully saturated rings. The van der Waals surface area contributed by atoms with Crippen LogP contribution in [0.2, 0.25) is 0 Å². The smallest absolute Gasteiger partial charge is 0.0224 e. The van der Waals surface area contributed by atoms with E-state index in [9.17, 15) is 0 Å². The number of nitrogens with two attached hydrogens (primary N) is 1. The molecule has 0 aromatic heterocycles. The lowest BCUT2D eigenvalue weighted by Gasteiger charge is -2.18. The van der Waals surface area contributed by atoms with Gasteiger partial charge < -0.3 is 5.73 Å². The maximum Gasteiger partial charge on any atom is 0.0224 e. The van der Waals surface area contributed by atoms with E-state index >= 15 is 0 Å². The second-order valence-corrected chi connectivity index (χ2v) is 4.38. The maximum atomic E-state index is 5.97. The second kappa shape index (κ2) is 5.38. The number of hydrogen-bond acceptors (Lipinski definition) is 1. The van der Waals surface area contributed by atoms with E-state index in [0.717, 1.165) is 0 Å². The first-order valence-electron chi connectivity index (χ1n) is 5.96. The molecule has 1 nitrogen and oxygen atoms in total. The van der Waals surface area contributed by atoms with Gasteiger partial charge in [-0.1, -0.05) is 60.7 Å². The van der Waals surface area contributed by atoms with Crippen LogP contribution in [0, 0.1) is 0 Å². The first kappa shape index (κ1) is 12.9. The molecule has 0 bridgehead atoms. The molecule has 2 aromatic carbocycles. The summed E-state index contributed by atoms with van der Waals surface area (Å²) < 4.78 is 0. The number of rotatable bonds is 1. The highest BCUT2D eigenvalue weighted by atomic mass is 35.5. The molecule has 0 heterocycles. The summed E-state index contributed by atoms with van der Waals surface area (Å²) >= 11 is 0. The Bertz CT molecular complexity index is 525. The average Bonchev–Trinajstić information content (AvgIpc) is 2.55. The third-order valence-electron chi connectivity index (χ3n) is 3.42. The monoisotopic (exact) mass is 257 g/mol. The van der Waals surface area contributed by atoms with Crippen molar-refractivity contribution in [2.75, 3.05) is 6.54 Å². The first-order valence-corrected chi connectivity index (χ1v) is 5.96. The van der Waals surface area contributed by atoms with Crippen molar-refractivity contribution in [3.8, 4) is 0 Å². The summed E-state index contributed by atoms with van der Waals surface area (Å²) in [6, 6.07) is 17.0. The molecule has 0 unspecified atom stereocenters. The Kier molecular flexibility index (Phi) is 3.85. The number of hydrogen-bond donors (Lipinski definition) is 1. The van der Waals surface area contributed by atoms with E-state index in [1.165, 1.54) is 22.3 Å². The van der Waals surface area contributed by atoms with Crippen molar-refractivity contribution in [2.45, 2.75) is 5.92 Å². The van der Waals surface area contributed by atoms with Gasteiger partial charge in [-0.2, -0.15) is 0 Å². The molecule has 1 aliphatic carbocycles. The number of halogens is 1. The molecule has 18 heavy (non-hydrogen) atoms.